The number of hydrogen-bond donors (Lipinski definition) is 1. The van der Waals surface area contributed by atoms with E-state index in [2.05, 4.69) is 15.9 Å². The zero-order valence-electron chi connectivity index (χ0n) is 11.8. The largest absolute Gasteiger partial charge is 0.493 e. The molecule has 0 aliphatic carbocycles. The van der Waals surface area contributed by atoms with E-state index in [1.807, 2.05) is 24.3 Å². The predicted molar refractivity (Wildman–Crippen MR) is 87.4 cm³/mol. The highest BCUT2D eigenvalue weighted by Crippen LogP contribution is 2.32. The van der Waals surface area contributed by atoms with Crippen LogP contribution in [0.15, 0.2) is 40.9 Å². The number of ether oxygens (including phenoxy) is 2. The third-order valence-corrected chi connectivity index (χ3v) is 4.07. The van der Waals surface area contributed by atoms with Crippen molar-refractivity contribution in [2.24, 2.45) is 0 Å². The Kier molecular flexibility index (Phi) is 5.51. The Labute approximate surface area is 137 Å². The lowest BCUT2D eigenvalue weighted by molar-refractivity contribution is 0.178. The van der Waals surface area contributed by atoms with Gasteiger partial charge in [-0.15, -0.1) is 0 Å². The van der Waals surface area contributed by atoms with Crippen molar-refractivity contribution in [1.29, 1.82) is 0 Å². The maximum Gasteiger partial charge on any atom is 0.161 e. The summed E-state index contributed by atoms with van der Waals surface area (Å²) >= 11 is 9.55. The average Bonchev–Trinajstić information content (AvgIpc) is 2.49. The van der Waals surface area contributed by atoms with Crippen LogP contribution < -0.4 is 9.47 Å². The maximum atomic E-state index is 10.4. The standard InChI is InChI=1S/C16H16BrClO3/c1-20-15-6-4-11(8-16(15)21-2)14(19)7-10-3-5-12(17)9-13(10)18/h3-6,8-9,14,19H,7H2,1-2H3. The van der Waals surface area contributed by atoms with Gasteiger partial charge in [0.2, 0.25) is 0 Å². The third-order valence-electron chi connectivity index (χ3n) is 3.22. The number of halogens is 2. The highest BCUT2D eigenvalue weighted by Gasteiger charge is 2.14. The molecule has 2 rings (SSSR count). The number of aliphatic hydroxyl groups excluding tert-OH is 1. The van der Waals surface area contributed by atoms with Crippen LogP contribution in [0.25, 0.3) is 0 Å². The topological polar surface area (TPSA) is 38.7 Å². The minimum Gasteiger partial charge on any atom is -0.493 e. The van der Waals surface area contributed by atoms with Crippen LogP contribution in [-0.4, -0.2) is 19.3 Å². The summed E-state index contributed by atoms with van der Waals surface area (Å²) in [4.78, 5) is 0. The number of hydrogen-bond acceptors (Lipinski definition) is 3. The minimum absolute atomic E-state index is 0.432. The molecule has 0 bridgehead atoms. The number of aliphatic hydroxyl groups is 1. The van der Waals surface area contributed by atoms with Gasteiger partial charge in [-0.05, 0) is 35.4 Å². The molecule has 1 unspecified atom stereocenters. The van der Waals surface area contributed by atoms with Crippen LogP contribution in [0.5, 0.6) is 11.5 Å². The van der Waals surface area contributed by atoms with E-state index in [1.54, 1.807) is 26.4 Å². The molecule has 3 nitrogen and oxygen atoms in total. The third kappa shape index (κ3) is 3.90. The van der Waals surface area contributed by atoms with Crippen LogP contribution in [0.2, 0.25) is 5.02 Å². The summed E-state index contributed by atoms with van der Waals surface area (Å²) in [5.41, 5.74) is 1.65. The SMILES string of the molecule is COc1ccc(C(O)Cc2ccc(Br)cc2Cl)cc1OC. The molecule has 2 aromatic rings. The summed E-state index contributed by atoms with van der Waals surface area (Å²) in [7, 11) is 3.15. The van der Waals surface area contributed by atoms with Gasteiger partial charge in [0.05, 0.1) is 20.3 Å². The smallest absolute Gasteiger partial charge is 0.161 e. The average molecular weight is 372 g/mol. The second-order valence-electron chi connectivity index (χ2n) is 4.57. The van der Waals surface area contributed by atoms with Crippen molar-refractivity contribution in [2.75, 3.05) is 14.2 Å². The van der Waals surface area contributed by atoms with E-state index in [0.717, 1.165) is 15.6 Å². The van der Waals surface area contributed by atoms with Gasteiger partial charge in [-0.2, -0.15) is 0 Å². The molecule has 5 heteroatoms. The summed E-state index contributed by atoms with van der Waals surface area (Å²) in [6.07, 6.45) is -0.231. The predicted octanol–water partition coefficient (Wildman–Crippen LogP) is 4.40. The molecule has 1 N–H and O–H groups in total. The molecular weight excluding hydrogens is 356 g/mol. The summed E-state index contributed by atoms with van der Waals surface area (Å²) in [6, 6.07) is 11.0. The molecule has 0 spiro atoms. The fraction of sp³-hybridized carbons (Fsp3) is 0.250. The fourth-order valence-corrected chi connectivity index (χ4v) is 2.82. The molecule has 0 aliphatic rings. The molecule has 0 aliphatic heterocycles. The molecule has 0 aromatic heterocycles. The second-order valence-corrected chi connectivity index (χ2v) is 5.89. The lowest BCUT2D eigenvalue weighted by Crippen LogP contribution is -2.03. The molecule has 0 radical (unpaired) electrons. The lowest BCUT2D eigenvalue weighted by Gasteiger charge is -2.15. The normalized spacial score (nSPS) is 12.0. The van der Waals surface area contributed by atoms with Gasteiger partial charge in [0.15, 0.2) is 11.5 Å². The van der Waals surface area contributed by atoms with Gasteiger partial charge in [-0.3, -0.25) is 0 Å². The van der Waals surface area contributed by atoms with Crippen molar-refractivity contribution in [1.82, 2.24) is 0 Å². The molecule has 1 atom stereocenters. The van der Waals surface area contributed by atoms with E-state index in [4.69, 9.17) is 21.1 Å². The zero-order chi connectivity index (χ0) is 15.4. The Morgan fingerprint density at radius 1 is 1.10 bits per heavy atom. The first kappa shape index (κ1) is 16.1. The molecule has 0 saturated carbocycles. The van der Waals surface area contributed by atoms with E-state index < -0.39 is 6.10 Å². The molecule has 112 valence electrons. The van der Waals surface area contributed by atoms with E-state index >= 15 is 0 Å². The molecule has 0 heterocycles. The molecule has 0 saturated heterocycles. The Bertz CT molecular complexity index is 631. The van der Waals surface area contributed by atoms with Gasteiger partial charge < -0.3 is 14.6 Å². The summed E-state index contributed by atoms with van der Waals surface area (Å²) < 4.78 is 11.4. The molecule has 2 aromatic carbocycles. The quantitative estimate of drug-likeness (QED) is 0.847. The van der Waals surface area contributed by atoms with E-state index in [0.29, 0.717) is 22.9 Å². The Morgan fingerprint density at radius 3 is 2.43 bits per heavy atom. The number of rotatable bonds is 5. The first-order valence-corrected chi connectivity index (χ1v) is 7.56. The van der Waals surface area contributed by atoms with E-state index in [9.17, 15) is 5.11 Å². The first-order valence-electron chi connectivity index (χ1n) is 6.39. The zero-order valence-corrected chi connectivity index (χ0v) is 14.1. The van der Waals surface area contributed by atoms with E-state index in [-0.39, 0.29) is 0 Å². The fourth-order valence-electron chi connectivity index (χ4n) is 2.07. The minimum atomic E-state index is -0.663. The second kappa shape index (κ2) is 7.16. The van der Waals surface area contributed by atoms with Crippen LogP contribution in [0, 0.1) is 0 Å². The molecule has 0 amide bonds. The highest BCUT2D eigenvalue weighted by atomic mass is 79.9. The van der Waals surface area contributed by atoms with Gasteiger partial charge in [0, 0.05) is 15.9 Å². The van der Waals surface area contributed by atoms with Gasteiger partial charge in [0.1, 0.15) is 0 Å². The number of benzene rings is 2. The van der Waals surface area contributed by atoms with Gasteiger partial charge in [0.25, 0.3) is 0 Å². The van der Waals surface area contributed by atoms with Crippen LogP contribution in [0.4, 0.5) is 0 Å². The van der Waals surface area contributed by atoms with Crippen molar-refractivity contribution >= 4 is 27.5 Å². The Morgan fingerprint density at radius 2 is 1.81 bits per heavy atom. The van der Waals surface area contributed by atoms with Crippen molar-refractivity contribution in [2.45, 2.75) is 12.5 Å². The van der Waals surface area contributed by atoms with Crippen LogP contribution >= 0.6 is 27.5 Å². The summed E-state index contributed by atoms with van der Waals surface area (Å²) in [6.45, 7) is 0. The lowest BCUT2D eigenvalue weighted by atomic mass is 10.0. The highest BCUT2D eigenvalue weighted by molar-refractivity contribution is 9.10. The van der Waals surface area contributed by atoms with Crippen LogP contribution in [0.3, 0.4) is 0 Å². The van der Waals surface area contributed by atoms with Gasteiger partial charge in [-0.25, -0.2) is 0 Å². The molecule has 21 heavy (non-hydrogen) atoms. The van der Waals surface area contributed by atoms with E-state index in [1.165, 1.54) is 0 Å². The van der Waals surface area contributed by atoms with Gasteiger partial charge in [-0.1, -0.05) is 39.7 Å². The summed E-state index contributed by atoms with van der Waals surface area (Å²) in [5, 5.41) is 11.0. The van der Waals surface area contributed by atoms with Crippen molar-refractivity contribution in [3.8, 4) is 11.5 Å². The van der Waals surface area contributed by atoms with Crippen molar-refractivity contribution in [3.63, 3.8) is 0 Å². The van der Waals surface area contributed by atoms with Gasteiger partial charge >= 0.3 is 0 Å². The molecule has 0 fully saturated rings. The number of methoxy groups -OCH3 is 2. The van der Waals surface area contributed by atoms with Crippen molar-refractivity contribution < 1.29 is 14.6 Å². The maximum absolute atomic E-state index is 10.4. The monoisotopic (exact) mass is 370 g/mol. The molecular formula is C16H16BrClO3. The van der Waals surface area contributed by atoms with Crippen LogP contribution in [0.1, 0.15) is 17.2 Å². The van der Waals surface area contributed by atoms with Crippen molar-refractivity contribution in [3.05, 3.63) is 57.0 Å². The first-order chi connectivity index (χ1) is 10.0. The van der Waals surface area contributed by atoms with Crippen LogP contribution in [-0.2, 0) is 6.42 Å². The Hall–Kier alpha value is -1.23. The Balaban J connectivity index is 2.21. The summed E-state index contributed by atoms with van der Waals surface area (Å²) in [5.74, 6) is 1.23.